The number of hydrogen-bond donors (Lipinski definition) is 0. The van der Waals surface area contributed by atoms with Gasteiger partial charge in [0.05, 0.1) is 14.8 Å². The van der Waals surface area contributed by atoms with Crippen LogP contribution in [0, 0.1) is 3.57 Å². The van der Waals surface area contributed by atoms with E-state index in [4.69, 9.17) is 0 Å². The van der Waals surface area contributed by atoms with Crippen LogP contribution in [0.4, 0.5) is 13.2 Å². The molecule has 0 bridgehead atoms. The molecule has 1 aromatic carbocycles. The van der Waals surface area contributed by atoms with Crippen molar-refractivity contribution >= 4 is 22.6 Å². The molecule has 0 aliphatic heterocycles. The maximum absolute atomic E-state index is 13.0. The summed E-state index contributed by atoms with van der Waals surface area (Å²) in [7, 11) is 0. The number of alkyl halides is 3. The summed E-state index contributed by atoms with van der Waals surface area (Å²) in [6.45, 7) is 3.76. The van der Waals surface area contributed by atoms with Crippen molar-refractivity contribution in [1.29, 1.82) is 0 Å². The number of benzene rings is 1. The summed E-state index contributed by atoms with van der Waals surface area (Å²) in [5.41, 5.74) is 0.861. The molecule has 1 nitrogen and oxygen atoms in total. The third-order valence-electron chi connectivity index (χ3n) is 2.88. The lowest BCUT2D eigenvalue weighted by atomic mass is 10.1. The van der Waals surface area contributed by atoms with E-state index in [1.165, 1.54) is 6.20 Å². The van der Waals surface area contributed by atoms with Gasteiger partial charge in [0, 0.05) is 12.2 Å². The van der Waals surface area contributed by atoms with Gasteiger partial charge in [0.2, 0.25) is 0 Å². The monoisotopic (exact) mass is 379 g/mol. The molecule has 1 heterocycles. The van der Waals surface area contributed by atoms with Crippen LogP contribution in [0.3, 0.4) is 0 Å². The Morgan fingerprint density at radius 2 is 1.68 bits per heavy atom. The highest BCUT2D eigenvalue weighted by molar-refractivity contribution is 14.1. The van der Waals surface area contributed by atoms with Gasteiger partial charge in [0.1, 0.15) is 0 Å². The molecule has 0 saturated carbocycles. The van der Waals surface area contributed by atoms with Crippen molar-refractivity contribution in [2.45, 2.75) is 26.1 Å². The topological polar surface area (TPSA) is 4.93 Å². The van der Waals surface area contributed by atoms with Gasteiger partial charge in [-0.25, -0.2) is 0 Å². The van der Waals surface area contributed by atoms with Crippen LogP contribution in [0.25, 0.3) is 11.3 Å². The van der Waals surface area contributed by atoms with Crippen molar-refractivity contribution in [3.05, 3.63) is 45.7 Å². The average molecular weight is 379 g/mol. The second-order valence-electron chi connectivity index (χ2n) is 4.57. The molecule has 1 aromatic heterocycles. The molecule has 0 aliphatic carbocycles. The van der Waals surface area contributed by atoms with E-state index in [1.807, 2.05) is 44.2 Å². The van der Waals surface area contributed by atoms with Crippen molar-refractivity contribution in [2.75, 3.05) is 0 Å². The zero-order valence-electron chi connectivity index (χ0n) is 10.5. The highest BCUT2D eigenvalue weighted by Crippen LogP contribution is 2.40. The average Bonchev–Trinajstić information content (AvgIpc) is 2.68. The van der Waals surface area contributed by atoms with Gasteiger partial charge >= 0.3 is 6.18 Å². The van der Waals surface area contributed by atoms with E-state index in [-0.39, 0.29) is 9.61 Å². The summed E-state index contributed by atoms with van der Waals surface area (Å²) >= 11 is 1.78. The number of aromatic nitrogens is 1. The maximum Gasteiger partial charge on any atom is 0.418 e. The molecule has 0 saturated heterocycles. The van der Waals surface area contributed by atoms with Gasteiger partial charge < -0.3 is 4.57 Å². The van der Waals surface area contributed by atoms with Crippen molar-refractivity contribution in [3.63, 3.8) is 0 Å². The van der Waals surface area contributed by atoms with E-state index in [1.54, 1.807) is 27.2 Å². The van der Waals surface area contributed by atoms with Crippen LogP contribution in [-0.2, 0) is 6.18 Å². The second-order valence-corrected chi connectivity index (χ2v) is 5.65. The van der Waals surface area contributed by atoms with E-state index in [0.29, 0.717) is 5.69 Å². The van der Waals surface area contributed by atoms with Crippen LogP contribution in [0.5, 0.6) is 0 Å². The molecule has 0 unspecified atom stereocenters. The molecule has 19 heavy (non-hydrogen) atoms. The van der Waals surface area contributed by atoms with Gasteiger partial charge in [-0.15, -0.1) is 0 Å². The zero-order chi connectivity index (χ0) is 14.2. The van der Waals surface area contributed by atoms with Crippen molar-refractivity contribution in [1.82, 2.24) is 4.57 Å². The standard InChI is InChI=1S/C14H13F3IN/c1-9(2)19-8-11(14(15,16)17)12(18)13(19)10-6-4-3-5-7-10/h3-9H,1-2H3. The molecule has 2 rings (SSSR count). The minimum absolute atomic E-state index is 0.0279. The highest BCUT2D eigenvalue weighted by Gasteiger charge is 2.36. The molecule has 102 valence electrons. The minimum Gasteiger partial charge on any atom is -0.343 e. The molecule has 5 heteroatoms. The molecule has 0 radical (unpaired) electrons. The first-order chi connectivity index (χ1) is 8.82. The lowest BCUT2D eigenvalue weighted by Crippen LogP contribution is -2.05. The number of hydrogen-bond acceptors (Lipinski definition) is 0. The summed E-state index contributed by atoms with van der Waals surface area (Å²) in [5.74, 6) is 0. The predicted octanol–water partition coefficient (Wildman–Crippen LogP) is 5.36. The lowest BCUT2D eigenvalue weighted by molar-refractivity contribution is -0.138. The van der Waals surface area contributed by atoms with Crippen LogP contribution < -0.4 is 0 Å². The fourth-order valence-corrected chi connectivity index (χ4v) is 3.01. The van der Waals surface area contributed by atoms with Gasteiger partial charge in [0.25, 0.3) is 0 Å². The molecule has 0 N–H and O–H groups in total. The van der Waals surface area contributed by atoms with E-state index in [0.717, 1.165) is 5.56 Å². The highest BCUT2D eigenvalue weighted by atomic mass is 127. The van der Waals surface area contributed by atoms with E-state index in [9.17, 15) is 13.2 Å². The summed E-state index contributed by atoms with van der Waals surface area (Å²) < 4.78 is 40.9. The zero-order valence-corrected chi connectivity index (χ0v) is 12.7. The molecular formula is C14H13F3IN. The first-order valence-corrected chi connectivity index (χ1v) is 6.93. The SMILES string of the molecule is CC(C)n1cc(C(F)(F)F)c(I)c1-c1ccccc1. The van der Waals surface area contributed by atoms with E-state index in [2.05, 4.69) is 0 Å². The summed E-state index contributed by atoms with van der Waals surface area (Å²) in [6.07, 6.45) is -3.12. The number of nitrogens with zero attached hydrogens (tertiary/aromatic N) is 1. The smallest absolute Gasteiger partial charge is 0.343 e. The molecule has 0 spiro atoms. The third kappa shape index (κ3) is 2.80. The number of halogens is 4. The molecule has 0 atom stereocenters. The molecular weight excluding hydrogens is 366 g/mol. The van der Waals surface area contributed by atoms with Crippen LogP contribution >= 0.6 is 22.6 Å². The van der Waals surface area contributed by atoms with Crippen LogP contribution in [0.2, 0.25) is 0 Å². The van der Waals surface area contributed by atoms with E-state index >= 15 is 0 Å². The minimum atomic E-state index is -4.32. The summed E-state index contributed by atoms with van der Waals surface area (Å²) in [5, 5.41) is 0. The van der Waals surface area contributed by atoms with Crippen molar-refractivity contribution in [2.24, 2.45) is 0 Å². The van der Waals surface area contributed by atoms with Crippen LogP contribution in [0.15, 0.2) is 36.5 Å². The Labute approximate surface area is 123 Å². The van der Waals surface area contributed by atoms with Gasteiger partial charge in [-0.05, 0) is 42.0 Å². The van der Waals surface area contributed by atoms with Gasteiger partial charge in [-0.1, -0.05) is 30.3 Å². The molecule has 0 fully saturated rings. The normalized spacial score (nSPS) is 12.2. The molecule has 0 amide bonds. The Balaban J connectivity index is 2.69. The van der Waals surface area contributed by atoms with Gasteiger partial charge in [-0.3, -0.25) is 0 Å². The molecule has 0 aliphatic rings. The van der Waals surface area contributed by atoms with E-state index < -0.39 is 11.7 Å². The largest absolute Gasteiger partial charge is 0.418 e. The second kappa shape index (κ2) is 5.19. The fraction of sp³-hybridized carbons (Fsp3) is 0.286. The first-order valence-electron chi connectivity index (χ1n) is 5.85. The fourth-order valence-electron chi connectivity index (χ4n) is 1.98. The Morgan fingerprint density at radius 3 is 2.16 bits per heavy atom. The molecule has 2 aromatic rings. The van der Waals surface area contributed by atoms with Crippen LogP contribution in [0.1, 0.15) is 25.5 Å². The van der Waals surface area contributed by atoms with Gasteiger partial charge in [0.15, 0.2) is 0 Å². The lowest BCUT2D eigenvalue weighted by Gasteiger charge is -2.13. The quantitative estimate of drug-likeness (QED) is 0.620. The third-order valence-corrected chi connectivity index (χ3v) is 3.97. The predicted molar refractivity (Wildman–Crippen MR) is 78.0 cm³/mol. The summed E-state index contributed by atoms with van der Waals surface area (Å²) in [6, 6.07) is 9.14. The maximum atomic E-state index is 13.0. The Kier molecular flexibility index (Phi) is 3.94. The Hall–Kier alpha value is -0.980. The van der Waals surface area contributed by atoms with Crippen molar-refractivity contribution in [3.8, 4) is 11.3 Å². The summed E-state index contributed by atoms with van der Waals surface area (Å²) in [4.78, 5) is 0. The first kappa shape index (κ1) is 14.4. The number of rotatable bonds is 2. The van der Waals surface area contributed by atoms with Crippen LogP contribution in [-0.4, -0.2) is 4.57 Å². The Bertz CT molecular complexity index is 570. The van der Waals surface area contributed by atoms with Crippen molar-refractivity contribution < 1.29 is 13.2 Å². The van der Waals surface area contributed by atoms with Gasteiger partial charge in [-0.2, -0.15) is 13.2 Å². The Morgan fingerprint density at radius 1 is 1.11 bits per heavy atom.